The van der Waals surface area contributed by atoms with E-state index in [4.69, 9.17) is 0 Å². The molecule has 0 fully saturated rings. The number of aromatic nitrogens is 4. The molecule has 124 valence electrons. The molecule has 1 aromatic carbocycles. The lowest BCUT2D eigenvalue weighted by Gasteiger charge is -2.04. The lowest BCUT2D eigenvalue weighted by molar-refractivity contribution is -0.159. The number of amides is 1. The highest BCUT2D eigenvalue weighted by Gasteiger charge is 2.38. The molecule has 0 aliphatic rings. The zero-order valence-electron chi connectivity index (χ0n) is 12.0. The van der Waals surface area contributed by atoms with Crippen LogP contribution in [0.25, 0.3) is 11.4 Å². The van der Waals surface area contributed by atoms with Gasteiger partial charge in [-0.3, -0.25) is 4.79 Å². The molecule has 2 N–H and O–H groups in total. The predicted molar refractivity (Wildman–Crippen MR) is 74.5 cm³/mol. The van der Waals surface area contributed by atoms with E-state index in [1.54, 1.807) is 6.20 Å². The van der Waals surface area contributed by atoms with Crippen LogP contribution in [-0.2, 0) is 12.7 Å². The van der Waals surface area contributed by atoms with Gasteiger partial charge in [-0.15, -0.1) is 0 Å². The van der Waals surface area contributed by atoms with Crippen LogP contribution < -0.4 is 5.32 Å². The smallest absolute Gasteiger partial charge is 0.347 e. The first-order chi connectivity index (χ1) is 11.4. The molecule has 0 atom stereocenters. The number of hydrogen-bond donors (Lipinski definition) is 2. The third kappa shape index (κ3) is 3.42. The van der Waals surface area contributed by atoms with Crippen molar-refractivity contribution in [2.45, 2.75) is 12.7 Å². The fourth-order valence-corrected chi connectivity index (χ4v) is 1.91. The number of carbonyl (C=O) groups is 1. The summed E-state index contributed by atoms with van der Waals surface area (Å²) < 4.78 is 41.7. The number of nitrogens with one attached hydrogen (secondary N) is 2. The average molecular weight is 337 g/mol. The first-order valence-electron chi connectivity index (χ1n) is 6.70. The number of carbonyl (C=O) groups excluding carboxylic acids is 1. The molecule has 0 spiro atoms. The topological polar surface area (TPSA) is 96.7 Å². The zero-order chi connectivity index (χ0) is 17.2. The molecule has 0 unspecified atom stereocenters. The Labute approximate surface area is 132 Å². The fraction of sp³-hybridized carbons (Fsp3) is 0.143. The molecule has 0 aliphatic heterocycles. The maximum Gasteiger partial charge on any atom is 0.471 e. The quantitative estimate of drug-likeness (QED) is 0.762. The molecule has 0 saturated heterocycles. The number of rotatable bonds is 4. The monoisotopic (exact) mass is 337 g/mol. The Morgan fingerprint density at radius 1 is 1.33 bits per heavy atom. The number of nitrogens with zero attached hydrogens (tertiary/aromatic N) is 3. The van der Waals surface area contributed by atoms with E-state index in [2.05, 4.69) is 29.9 Å². The second-order valence-electron chi connectivity index (χ2n) is 4.76. The van der Waals surface area contributed by atoms with Gasteiger partial charge in [-0.25, -0.2) is 4.98 Å². The molecule has 7 nitrogen and oxygen atoms in total. The van der Waals surface area contributed by atoms with Gasteiger partial charge in [0.15, 0.2) is 0 Å². The van der Waals surface area contributed by atoms with E-state index >= 15 is 0 Å². The number of benzene rings is 1. The largest absolute Gasteiger partial charge is 0.471 e. The summed E-state index contributed by atoms with van der Waals surface area (Å²) in [5.74, 6) is -2.08. The summed E-state index contributed by atoms with van der Waals surface area (Å²) >= 11 is 0. The molecule has 3 rings (SSSR count). The van der Waals surface area contributed by atoms with E-state index in [1.807, 2.05) is 0 Å². The molecule has 24 heavy (non-hydrogen) atoms. The van der Waals surface area contributed by atoms with E-state index < -0.39 is 18.0 Å². The van der Waals surface area contributed by atoms with Crippen LogP contribution in [0.5, 0.6) is 0 Å². The van der Waals surface area contributed by atoms with Crippen LogP contribution >= 0.6 is 0 Å². The van der Waals surface area contributed by atoms with E-state index in [9.17, 15) is 18.0 Å². The van der Waals surface area contributed by atoms with E-state index in [-0.39, 0.29) is 23.5 Å². The lowest BCUT2D eigenvalue weighted by Crippen LogP contribution is -2.22. The van der Waals surface area contributed by atoms with Gasteiger partial charge in [0, 0.05) is 17.3 Å². The highest BCUT2D eigenvalue weighted by Crippen LogP contribution is 2.29. The van der Waals surface area contributed by atoms with Gasteiger partial charge >= 0.3 is 12.1 Å². The Bertz CT molecular complexity index is 842. The predicted octanol–water partition coefficient (Wildman–Crippen LogP) is 2.41. The van der Waals surface area contributed by atoms with Gasteiger partial charge in [0.05, 0.1) is 18.6 Å². The van der Waals surface area contributed by atoms with Crippen molar-refractivity contribution in [3.05, 3.63) is 53.9 Å². The first-order valence-corrected chi connectivity index (χ1v) is 6.70. The van der Waals surface area contributed by atoms with Gasteiger partial charge in [0.1, 0.15) is 0 Å². The molecule has 0 bridgehead atoms. The third-order valence-corrected chi connectivity index (χ3v) is 3.05. The van der Waals surface area contributed by atoms with Crippen LogP contribution in [0.3, 0.4) is 0 Å². The van der Waals surface area contributed by atoms with Gasteiger partial charge in [0.2, 0.25) is 5.82 Å². The van der Waals surface area contributed by atoms with Crippen molar-refractivity contribution < 1.29 is 22.5 Å². The maximum absolute atomic E-state index is 12.5. The second kappa shape index (κ2) is 6.14. The van der Waals surface area contributed by atoms with Gasteiger partial charge in [-0.1, -0.05) is 17.3 Å². The molecular weight excluding hydrogens is 327 g/mol. The Kier molecular flexibility index (Phi) is 4.02. The molecule has 1 amide bonds. The van der Waals surface area contributed by atoms with Gasteiger partial charge < -0.3 is 14.8 Å². The van der Waals surface area contributed by atoms with Crippen LogP contribution in [0.15, 0.2) is 41.3 Å². The van der Waals surface area contributed by atoms with Crippen LogP contribution in [0.2, 0.25) is 0 Å². The highest BCUT2D eigenvalue weighted by molar-refractivity contribution is 5.95. The molecule has 0 aliphatic carbocycles. The summed E-state index contributed by atoms with van der Waals surface area (Å²) in [5.41, 5.74) is 1.21. The Hall–Kier alpha value is -3.17. The van der Waals surface area contributed by atoms with Crippen LogP contribution in [0, 0.1) is 0 Å². The average Bonchev–Trinajstić information content (AvgIpc) is 3.23. The number of halogens is 3. The van der Waals surface area contributed by atoms with Crippen molar-refractivity contribution in [1.82, 2.24) is 25.4 Å². The van der Waals surface area contributed by atoms with Crippen molar-refractivity contribution in [3.8, 4) is 11.4 Å². The van der Waals surface area contributed by atoms with Crippen molar-refractivity contribution in [1.29, 1.82) is 0 Å². The van der Waals surface area contributed by atoms with Crippen molar-refractivity contribution in [2.75, 3.05) is 0 Å². The summed E-state index contributed by atoms with van der Waals surface area (Å²) in [5, 5.41) is 5.94. The summed E-state index contributed by atoms with van der Waals surface area (Å²) in [7, 11) is 0. The SMILES string of the molecule is O=C(NCc1cnc[nH]1)c1cccc(-c2noc(C(F)(F)F)n2)c1. The number of alkyl halides is 3. The number of imidazole rings is 1. The molecular formula is C14H10F3N5O2. The third-order valence-electron chi connectivity index (χ3n) is 3.05. The summed E-state index contributed by atoms with van der Waals surface area (Å²) in [6.07, 6.45) is -1.67. The zero-order valence-corrected chi connectivity index (χ0v) is 12.0. The van der Waals surface area contributed by atoms with Crippen LogP contribution in [0.1, 0.15) is 21.9 Å². The fourth-order valence-electron chi connectivity index (χ4n) is 1.91. The number of H-pyrrole nitrogens is 1. The molecule has 0 saturated carbocycles. The van der Waals surface area contributed by atoms with Gasteiger partial charge in [-0.05, 0) is 12.1 Å². The van der Waals surface area contributed by atoms with Gasteiger partial charge in [-0.2, -0.15) is 18.2 Å². The summed E-state index contributed by atoms with van der Waals surface area (Å²) in [4.78, 5) is 22.0. The minimum absolute atomic E-state index is 0.239. The maximum atomic E-state index is 12.5. The normalized spacial score (nSPS) is 11.5. The molecule has 2 aromatic heterocycles. The van der Waals surface area contributed by atoms with E-state index in [0.29, 0.717) is 5.69 Å². The van der Waals surface area contributed by atoms with Gasteiger partial charge in [0.25, 0.3) is 5.91 Å². The van der Waals surface area contributed by atoms with Crippen molar-refractivity contribution >= 4 is 5.91 Å². The lowest BCUT2D eigenvalue weighted by atomic mass is 10.1. The molecule has 10 heteroatoms. The van der Waals surface area contributed by atoms with E-state index in [0.717, 1.165) is 0 Å². The number of hydrogen-bond acceptors (Lipinski definition) is 5. The van der Waals surface area contributed by atoms with Crippen molar-refractivity contribution in [3.63, 3.8) is 0 Å². The minimum atomic E-state index is -4.72. The minimum Gasteiger partial charge on any atom is -0.347 e. The Morgan fingerprint density at radius 3 is 2.83 bits per heavy atom. The highest BCUT2D eigenvalue weighted by atomic mass is 19.4. The van der Waals surface area contributed by atoms with Crippen LogP contribution in [0.4, 0.5) is 13.2 Å². The Morgan fingerprint density at radius 2 is 2.17 bits per heavy atom. The van der Waals surface area contributed by atoms with Crippen molar-refractivity contribution in [2.24, 2.45) is 0 Å². The van der Waals surface area contributed by atoms with E-state index in [1.165, 1.54) is 30.6 Å². The molecule has 2 heterocycles. The standard InChI is InChI=1S/C14H10F3N5O2/c15-14(16,17)13-21-11(22-24-13)8-2-1-3-9(4-8)12(23)19-6-10-5-18-7-20-10/h1-5,7H,6H2,(H,18,20)(H,19,23). The summed E-state index contributed by atoms with van der Waals surface area (Å²) in [6.45, 7) is 0.240. The number of aromatic amines is 1. The van der Waals surface area contributed by atoms with Crippen LogP contribution in [-0.4, -0.2) is 26.0 Å². The molecule has 0 radical (unpaired) electrons. The summed E-state index contributed by atoms with van der Waals surface area (Å²) in [6, 6.07) is 5.91. The molecule has 3 aromatic rings. The first kappa shape index (κ1) is 15.7. The Balaban J connectivity index is 1.76. The second-order valence-corrected chi connectivity index (χ2v) is 4.76.